The molecular formula is C20H21NO2S. The van der Waals surface area contributed by atoms with Gasteiger partial charge in [0.25, 0.3) is 0 Å². The van der Waals surface area contributed by atoms with Crippen molar-refractivity contribution in [2.24, 2.45) is 0 Å². The van der Waals surface area contributed by atoms with Gasteiger partial charge in [-0.05, 0) is 34.7 Å². The summed E-state index contributed by atoms with van der Waals surface area (Å²) in [6.07, 6.45) is 2.35. The number of rotatable bonds is 6. The Labute approximate surface area is 146 Å². The molecule has 0 spiro atoms. The van der Waals surface area contributed by atoms with Gasteiger partial charge in [0.05, 0.1) is 6.04 Å². The van der Waals surface area contributed by atoms with Gasteiger partial charge in [0.1, 0.15) is 5.75 Å². The van der Waals surface area contributed by atoms with Crippen molar-refractivity contribution in [2.75, 3.05) is 0 Å². The van der Waals surface area contributed by atoms with Crippen LogP contribution in [0.2, 0.25) is 0 Å². The van der Waals surface area contributed by atoms with Gasteiger partial charge in [-0.2, -0.15) is 0 Å². The number of aromatic hydroxyl groups is 1. The van der Waals surface area contributed by atoms with E-state index in [0.717, 1.165) is 34.1 Å². The summed E-state index contributed by atoms with van der Waals surface area (Å²) in [6, 6.07) is 15.2. The van der Waals surface area contributed by atoms with Gasteiger partial charge in [0, 0.05) is 16.9 Å². The first kappa shape index (κ1) is 16.5. The molecule has 0 aliphatic heterocycles. The van der Waals surface area contributed by atoms with Crippen molar-refractivity contribution in [1.82, 2.24) is 5.32 Å². The summed E-state index contributed by atoms with van der Waals surface area (Å²) in [5, 5.41) is 17.6. The molecule has 2 N–H and O–H groups in total. The molecule has 3 aromatic rings. The number of nitrogens with one attached hydrogen (secondary N) is 1. The molecule has 0 aliphatic rings. The van der Waals surface area contributed by atoms with Gasteiger partial charge in [0.15, 0.2) is 0 Å². The van der Waals surface area contributed by atoms with Crippen LogP contribution in [-0.4, -0.2) is 11.0 Å². The molecule has 0 saturated heterocycles. The Hall–Kier alpha value is -2.33. The highest BCUT2D eigenvalue weighted by molar-refractivity contribution is 7.10. The SMILES string of the molecule is CCCCC(=O)N[C@H](c1cccs1)c1c(O)ccc2ccccc12. The van der Waals surface area contributed by atoms with E-state index >= 15 is 0 Å². The number of hydrogen-bond acceptors (Lipinski definition) is 3. The second-order valence-corrected chi connectivity index (χ2v) is 6.82. The number of benzene rings is 2. The molecule has 0 radical (unpaired) electrons. The molecule has 1 atom stereocenters. The van der Waals surface area contributed by atoms with Gasteiger partial charge < -0.3 is 10.4 Å². The van der Waals surface area contributed by atoms with E-state index in [9.17, 15) is 9.90 Å². The molecule has 124 valence electrons. The number of carbonyl (C=O) groups is 1. The third kappa shape index (κ3) is 3.44. The molecule has 24 heavy (non-hydrogen) atoms. The normalized spacial score (nSPS) is 12.2. The van der Waals surface area contributed by atoms with Crippen LogP contribution < -0.4 is 5.32 Å². The molecule has 3 rings (SSSR count). The number of hydrogen-bond donors (Lipinski definition) is 2. The van der Waals surface area contributed by atoms with Crippen molar-refractivity contribution in [3.63, 3.8) is 0 Å². The van der Waals surface area contributed by atoms with E-state index in [-0.39, 0.29) is 17.7 Å². The molecule has 1 heterocycles. The maximum Gasteiger partial charge on any atom is 0.220 e. The third-order valence-electron chi connectivity index (χ3n) is 4.13. The van der Waals surface area contributed by atoms with Crippen molar-refractivity contribution in [3.05, 3.63) is 64.4 Å². The first-order valence-electron chi connectivity index (χ1n) is 8.24. The molecule has 0 aliphatic carbocycles. The predicted molar refractivity (Wildman–Crippen MR) is 99.4 cm³/mol. The van der Waals surface area contributed by atoms with Crippen LogP contribution in [0.1, 0.15) is 42.7 Å². The molecule has 1 amide bonds. The Kier molecular flexibility index (Phi) is 5.16. The minimum Gasteiger partial charge on any atom is -0.508 e. The lowest BCUT2D eigenvalue weighted by Gasteiger charge is -2.21. The van der Waals surface area contributed by atoms with Crippen LogP contribution >= 0.6 is 11.3 Å². The highest BCUT2D eigenvalue weighted by Crippen LogP contribution is 2.37. The molecule has 1 aromatic heterocycles. The van der Waals surface area contributed by atoms with Gasteiger partial charge in [-0.25, -0.2) is 0 Å². The average Bonchev–Trinajstić information content (AvgIpc) is 3.13. The Morgan fingerprint density at radius 1 is 1.17 bits per heavy atom. The lowest BCUT2D eigenvalue weighted by molar-refractivity contribution is -0.121. The molecule has 3 nitrogen and oxygen atoms in total. The van der Waals surface area contributed by atoms with Gasteiger partial charge in [0.2, 0.25) is 5.91 Å². The molecule has 4 heteroatoms. The zero-order valence-corrected chi connectivity index (χ0v) is 14.5. The third-order valence-corrected chi connectivity index (χ3v) is 5.06. The highest BCUT2D eigenvalue weighted by Gasteiger charge is 2.23. The fourth-order valence-corrected chi connectivity index (χ4v) is 3.68. The summed E-state index contributed by atoms with van der Waals surface area (Å²) in [7, 11) is 0. The first-order valence-corrected chi connectivity index (χ1v) is 9.12. The summed E-state index contributed by atoms with van der Waals surface area (Å²) in [6.45, 7) is 2.07. The van der Waals surface area contributed by atoms with Gasteiger partial charge in [-0.1, -0.05) is 49.7 Å². The number of amides is 1. The second kappa shape index (κ2) is 7.49. The van der Waals surface area contributed by atoms with Crippen LogP contribution in [0.3, 0.4) is 0 Å². The Morgan fingerprint density at radius 3 is 2.75 bits per heavy atom. The van der Waals surface area contributed by atoms with Crippen molar-refractivity contribution < 1.29 is 9.90 Å². The number of phenols is 1. The smallest absolute Gasteiger partial charge is 0.220 e. The summed E-state index contributed by atoms with van der Waals surface area (Å²) in [4.78, 5) is 13.4. The number of fused-ring (bicyclic) bond motifs is 1. The standard InChI is InChI=1S/C20H21NO2S/c1-2-3-10-18(23)21-20(17-9-6-13-24-17)19-15-8-5-4-7-14(15)11-12-16(19)22/h4-9,11-13,20,22H,2-3,10H2,1H3,(H,21,23)/t20-/m1/s1. The van der Waals surface area contributed by atoms with Gasteiger partial charge >= 0.3 is 0 Å². The maximum absolute atomic E-state index is 12.3. The van der Waals surface area contributed by atoms with E-state index in [1.54, 1.807) is 17.4 Å². The van der Waals surface area contributed by atoms with E-state index in [1.807, 2.05) is 47.8 Å². The number of unbranched alkanes of at least 4 members (excludes halogenated alkanes) is 1. The fourth-order valence-electron chi connectivity index (χ4n) is 2.90. The summed E-state index contributed by atoms with van der Waals surface area (Å²) < 4.78 is 0. The van der Waals surface area contributed by atoms with E-state index in [0.29, 0.717) is 6.42 Å². The van der Waals surface area contributed by atoms with Crippen molar-refractivity contribution in [2.45, 2.75) is 32.2 Å². The lowest BCUT2D eigenvalue weighted by atomic mass is 9.96. The van der Waals surface area contributed by atoms with Crippen LogP contribution in [0.15, 0.2) is 53.9 Å². The van der Waals surface area contributed by atoms with Crippen LogP contribution in [0.5, 0.6) is 5.75 Å². The molecular weight excluding hydrogens is 318 g/mol. The Morgan fingerprint density at radius 2 is 2.00 bits per heavy atom. The average molecular weight is 339 g/mol. The number of carbonyl (C=O) groups excluding carboxylic acids is 1. The monoisotopic (exact) mass is 339 g/mol. The first-order chi connectivity index (χ1) is 11.7. The lowest BCUT2D eigenvalue weighted by Crippen LogP contribution is -2.28. The minimum absolute atomic E-state index is 0.0163. The van der Waals surface area contributed by atoms with Crippen molar-refractivity contribution in [1.29, 1.82) is 0 Å². The number of phenolic OH excluding ortho intramolecular Hbond substituents is 1. The summed E-state index contributed by atoms with van der Waals surface area (Å²) in [5.74, 6) is 0.227. The Bertz CT molecular complexity index is 827. The molecule has 0 bridgehead atoms. The van der Waals surface area contributed by atoms with E-state index < -0.39 is 0 Å². The maximum atomic E-state index is 12.3. The summed E-state index contributed by atoms with van der Waals surface area (Å²) >= 11 is 1.58. The molecule has 2 aromatic carbocycles. The molecule has 0 unspecified atom stereocenters. The van der Waals surface area contributed by atoms with Gasteiger partial charge in [-0.3, -0.25) is 4.79 Å². The fraction of sp³-hybridized carbons (Fsp3) is 0.250. The molecule has 0 fully saturated rings. The zero-order valence-electron chi connectivity index (χ0n) is 13.7. The quantitative estimate of drug-likeness (QED) is 0.664. The van der Waals surface area contributed by atoms with Crippen molar-refractivity contribution >= 4 is 28.0 Å². The second-order valence-electron chi connectivity index (χ2n) is 5.84. The van der Waals surface area contributed by atoms with Crippen LogP contribution in [0.4, 0.5) is 0 Å². The highest BCUT2D eigenvalue weighted by atomic mass is 32.1. The topological polar surface area (TPSA) is 49.3 Å². The summed E-state index contributed by atoms with van der Waals surface area (Å²) in [5.41, 5.74) is 0.764. The number of thiophene rings is 1. The minimum atomic E-state index is -0.333. The van der Waals surface area contributed by atoms with E-state index in [4.69, 9.17) is 0 Å². The zero-order chi connectivity index (χ0) is 16.9. The predicted octanol–water partition coefficient (Wildman–Crippen LogP) is 5.00. The largest absolute Gasteiger partial charge is 0.508 e. The van der Waals surface area contributed by atoms with Crippen molar-refractivity contribution in [3.8, 4) is 5.75 Å². The van der Waals surface area contributed by atoms with Gasteiger partial charge in [-0.15, -0.1) is 11.3 Å². The molecule has 0 saturated carbocycles. The van der Waals surface area contributed by atoms with E-state index in [2.05, 4.69) is 12.2 Å². The van der Waals surface area contributed by atoms with Crippen LogP contribution in [-0.2, 0) is 4.79 Å². The van der Waals surface area contributed by atoms with E-state index in [1.165, 1.54) is 0 Å². The van der Waals surface area contributed by atoms with Crippen LogP contribution in [0.25, 0.3) is 10.8 Å². The van der Waals surface area contributed by atoms with Crippen LogP contribution in [0, 0.1) is 0 Å². The Balaban J connectivity index is 2.06.